The van der Waals surface area contributed by atoms with Crippen LogP contribution in [0.15, 0.2) is 24.3 Å². The first-order chi connectivity index (χ1) is 27.8. The maximum atomic E-state index is 15.1. The van der Waals surface area contributed by atoms with Crippen LogP contribution in [0.4, 0.5) is 52.7 Å². The average molecular weight is 843 g/mol. The first-order valence-corrected chi connectivity index (χ1v) is 16.9. The van der Waals surface area contributed by atoms with Crippen LogP contribution in [0.2, 0.25) is 0 Å². The van der Waals surface area contributed by atoms with Crippen LogP contribution in [0.5, 0.6) is 23.0 Å². The molecular formula is C38H30F12O8. The first kappa shape index (κ1) is 43.9. The molecule has 0 heterocycles. The van der Waals surface area contributed by atoms with Gasteiger partial charge in [-0.15, -0.1) is 0 Å². The summed E-state index contributed by atoms with van der Waals surface area (Å²) >= 11 is 0. The molecule has 1 N–H and O–H groups in total. The minimum Gasteiger partial charge on any atom is -0.487 e. The van der Waals surface area contributed by atoms with Gasteiger partial charge < -0.3 is 38.3 Å². The Morgan fingerprint density at radius 2 is 0.690 bits per heavy atom. The highest BCUT2D eigenvalue weighted by Gasteiger charge is 2.34. The molecule has 8 nitrogen and oxygen atoms in total. The van der Waals surface area contributed by atoms with Gasteiger partial charge in [0.05, 0.1) is 48.0 Å². The fraction of sp³-hybridized carbons (Fsp3) is 0.316. The fourth-order valence-electron chi connectivity index (χ4n) is 5.46. The monoisotopic (exact) mass is 842 g/mol. The topological polar surface area (TPSA) is 84.8 Å². The normalized spacial score (nSPS) is 11.6. The van der Waals surface area contributed by atoms with E-state index in [0.717, 1.165) is 0 Å². The van der Waals surface area contributed by atoms with E-state index in [-0.39, 0.29) is 57.2 Å². The minimum absolute atomic E-state index is 0.0265. The van der Waals surface area contributed by atoms with Crippen molar-refractivity contribution in [1.29, 1.82) is 0 Å². The minimum atomic E-state index is -2.24. The van der Waals surface area contributed by atoms with Crippen molar-refractivity contribution in [3.05, 3.63) is 105 Å². The van der Waals surface area contributed by atoms with E-state index in [9.17, 15) is 35.1 Å². The molecule has 5 aromatic rings. The third-order valence-corrected chi connectivity index (χ3v) is 8.24. The molecule has 0 fully saturated rings. The predicted octanol–water partition coefficient (Wildman–Crippen LogP) is 8.64. The number of methoxy groups -OCH3 is 1. The van der Waals surface area contributed by atoms with Gasteiger partial charge in [-0.1, -0.05) is 24.3 Å². The molecule has 0 spiro atoms. The quantitative estimate of drug-likeness (QED) is 0.0474. The van der Waals surface area contributed by atoms with Crippen molar-refractivity contribution >= 4 is 21.5 Å². The highest BCUT2D eigenvalue weighted by atomic mass is 19.2. The molecule has 0 radical (unpaired) electrons. The summed E-state index contributed by atoms with van der Waals surface area (Å²) in [6, 6.07) is 4.82. The lowest BCUT2D eigenvalue weighted by Crippen LogP contribution is -2.13. The smallest absolute Gasteiger partial charge is 0.204 e. The Labute approximate surface area is 320 Å². The largest absolute Gasteiger partial charge is 0.487 e. The van der Waals surface area contributed by atoms with E-state index in [1.807, 2.05) is 0 Å². The summed E-state index contributed by atoms with van der Waals surface area (Å²) in [6.07, 6.45) is 0.213. The Bertz CT molecular complexity index is 2120. The molecule has 0 unspecified atom stereocenters. The maximum Gasteiger partial charge on any atom is 0.204 e. The zero-order valence-electron chi connectivity index (χ0n) is 29.9. The van der Waals surface area contributed by atoms with Gasteiger partial charge in [-0.25, -0.2) is 35.1 Å². The lowest BCUT2D eigenvalue weighted by molar-refractivity contribution is 0.0539. The van der Waals surface area contributed by atoms with E-state index in [1.165, 1.54) is 31.4 Å². The van der Waals surface area contributed by atoms with Gasteiger partial charge in [0.1, 0.15) is 26.4 Å². The lowest BCUT2D eigenvalue weighted by Gasteiger charge is -2.18. The van der Waals surface area contributed by atoms with Crippen LogP contribution < -0.4 is 18.9 Å². The summed E-state index contributed by atoms with van der Waals surface area (Å²) in [7, 11) is 1.38. The second-order valence-corrected chi connectivity index (χ2v) is 12.0. The third-order valence-electron chi connectivity index (χ3n) is 8.24. The Balaban J connectivity index is 1.38. The number of benzene rings is 5. The van der Waals surface area contributed by atoms with Crippen LogP contribution in [0.1, 0.15) is 17.5 Å². The molecule has 20 heteroatoms. The Morgan fingerprint density at radius 1 is 0.379 bits per heavy atom. The van der Waals surface area contributed by atoms with Crippen LogP contribution in [0.3, 0.4) is 0 Å². The van der Waals surface area contributed by atoms with Crippen molar-refractivity contribution in [2.45, 2.75) is 19.6 Å². The molecule has 0 aliphatic carbocycles. The molecule has 0 aliphatic heterocycles. The van der Waals surface area contributed by atoms with Crippen molar-refractivity contribution in [1.82, 2.24) is 0 Å². The molecule has 0 bridgehead atoms. The second kappa shape index (κ2) is 19.5. The van der Waals surface area contributed by atoms with Crippen molar-refractivity contribution in [3.8, 4) is 23.0 Å². The van der Waals surface area contributed by atoms with Crippen molar-refractivity contribution in [3.63, 3.8) is 0 Å². The van der Waals surface area contributed by atoms with E-state index in [2.05, 4.69) is 0 Å². The van der Waals surface area contributed by atoms with Crippen LogP contribution in [0.25, 0.3) is 21.5 Å². The second-order valence-electron chi connectivity index (χ2n) is 12.0. The summed E-state index contributed by atoms with van der Waals surface area (Å²) in [5, 5.41) is 3.48. The van der Waals surface area contributed by atoms with Crippen molar-refractivity contribution in [2.75, 3.05) is 60.0 Å². The lowest BCUT2D eigenvalue weighted by atomic mass is 10.0. The maximum absolute atomic E-state index is 15.1. The summed E-state index contributed by atoms with van der Waals surface area (Å²) in [5.41, 5.74) is 0.144. The molecule has 5 rings (SSSR count). The van der Waals surface area contributed by atoms with Gasteiger partial charge in [-0.2, -0.15) is 17.6 Å². The molecule has 0 aromatic heterocycles. The van der Waals surface area contributed by atoms with Gasteiger partial charge >= 0.3 is 0 Å². The number of hydrogen-bond donors (Lipinski definition) is 1. The van der Waals surface area contributed by atoms with Gasteiger partial charge in [0.25, 0.3) is 0 Å². The number of ether oxygens (including phenoxy) is 7. The molecule has 0 saturated carbocycles. The SMILES string of the molecule is COCCOCCOc1c(F)c(F)c(F)c2c(OCc3ccc(COc4c(F)c(F)c(F)c5c(OCCOCCCO)c(F)c(F)c(F)c45)cc3)c(F)c(F)c(F)c12. The molecule has 314 valence electrons. The summed E-state index contributed by atoms with van der Waals surface area (Å²) in [6.45, 7) is -3.23. The van der Waals surface area contributed by atoms with Crippen LogP contribution in [-0.4, -0.2) is 65.1 Å². The molecule has 58 heavy (non-hydrogen) atoms. The van der Waals surface area contributed by atoms with E-state index in [4.69, 9.17) is 38.3 Å². The van der Waals surface area contributed by atoms with Gasteiger partial charge in [0, 0.05) is 20.3 Å². The van der Waals surface area contributed by atoms with Gasteiger partial charge in [-0.05, 0) is 17.5 Å². The zero-order chi connectivity index (χ0) is 42.3. The first-order valence-electron chi connectivity index (χ1n) is 16.9. The summed E-state index contributed by atoms with van der Waals surface area (Å²) in [5.74, 6) is -31.1. The molecule has 0 aliphatic rings. The molecular weight excluding hydrogens is 812 g/mol. The van der Waals surface area contributed by atoms with E-state index in [0.29, 0.717) is 0 Å². The molecule has 0 amide bonds. The fourth-order valence-corrected chi connectivity index (χ4v) is 5.46. The van der Waals surface area contributed by atoms with Crippen LogP contribution >= 0.6 is 0 Å². The zero-order valence-corrected chi connectivity index (χ0v) is 29.9. The Hall–Kier alpha value is -5.18. The standard InChI is InChI=1S/C38H30F12O8/c1-52-9-10-54-12-14-56-36-20-22(26(42)28(44)32(36)48)38(34(50)30(46)24(20)40)58-16-18-5-3-17(4-6-18)15-57-37-21-19(23(39)29(45)33(37)49)35(31(47)27(43)25(21)41)55-13-11-53-8-2-7-51/h3-6,51H,2,7-16H2,1H3. The van der Waals surface area contributed by atoms with Gasteiger partial charge in [0.15, 0.2) is 69.5 Å². The van der Waals surface area contributed by atoms with E-state index >= 15 is 17.6 Å². The number of rotatable bonds is 20. The van der Waals surface area contributed by atoms with Crippen molar-refractivity contribution < 1.29 is 90.9 Å². The molecule has 0 saturated heterocycles. The van der Waals surface area contributed by atoms with Crippen molar-refractivity contribution in [2.24, 2.45) is 0 Å². The number of fused-ring (bicyclic) bond motifs is 2. The molecule has 5 aromatic carbocycles. The summed E-state index contributed by atoms with van der Waals surface area (Å²) in [4.78, 5) is 0. The average Bonchev–Trinajstić information content (AvgIpc) is 3.22. The highest BCUT2D eigenvalue weighted by molar-refractivity contribution is 5.96. The number of aliphatic hydroxyl groups excluding tert-OH is 1. The third kappa shape index (κ3) is 8.93. The van der Waals surface area contributed by atoms with E-state index < -0.39 is 141 Å². The number of aliphatic hydroxyl groups is 1. The predicted molar refractivity (Wildman–Crippen MR) is 179 cm³/mol. The van der Waals surface area contributed by atoms with Crippen LogP contribution in [0, 0.1) is 69.8 Å². The number of hydrogen-bond acceptors (Lipinski definition) is 8. The van der Waals surface area contributed by atoms with Crippen LogP contribution in [-0.2, 0) is 27.4 Å². The Morgan fingerprint density at radius 3 is 1.02 bits per heavy atom. The van der Waals surface area contributed by atoms with Gasteiger partial charge in [0.2, 0.25) is 23.3 Å². The number of halogens is 12. The Kier molecular flexibility index (Phi) is 14.8. The highest BCUT2D eigenvalue weighted by Crippen LogP contribution is 2.45. The van der Waals surface area contributed by atoms with Gasteiger partial charge in [-0.3, -0.25) is 0 Å². The summed E-state index contributed by atoms with van der Waals surface area (Å²) < 4.78 is 214. The van der Waals surface area contributed by atoms with E-state index in [1.54, 1.807) is 0 Å². The molecule has 0 atom stereocenters.